The van der Waals surface area contributed by atoms with Gasteiger partial charge in [0, 0.05) is 43.9 Å². The van der Waals surface area contributed by atoms with Crippen molar-refractivity contribution in [2.75, 3.05) is 40.0 Å². The molecule has 142 valence electrons. The first-order valence-corrected chi connectivity index (χ1v) is 9.30. The maximum atomic E-state index is 9.58. The van der Waals surface area contributed by atoms with Gasteiger partial charge in [0.25, 0.3) is 0 Å². The number of pyridine rings is 1. The predicted molar refractivity (Wildman–Crippen MR) is 104 cm³/mol. The average molecular weight is 367 g/mol. The quantitative estimate of drug-likeness (QED) is 0.751. The molecule has 2 aromatic heterocycles. The van der Waals surface area contributed by atoms with E-state index in [9.17, 15) is 5.11 Å². The fourth-order valence-electron chi connectivity index (χ4n) is 3.60. The summed E-state index contributed by atoms with van der Waals surface area (Å²) in [5.74, 6) is 0.982. The van der Waals surface area contributed by atoms with Crippen molar-refractivity contribution in [1.29, 1.82) is 0 Å². The van der Waals surface area contributed by atoms with Crippen LogP contribution >= 0.6 is 0 Å². The molecule has 6 heteroatoms. The second kappa shape index (κ2) is 8.08. The molecular weight excluding hydrogens is 342 g/mol. The zero-order valence-corrected chi connectivity index (χ0v) is 15.5. The number of rotatable bonds is 5. The van der Waals surface area contributed by atoms with E-state index >= 15 is 0 Å². The van der Waals surface area contributed by atoms with Gasteiger partial charge in [-0.1, -0.05) is 6.07 Å². The van der Waals surface area contributed by atoms with Gasteiger partial charge in [-0.25, -0.2) is 4.98 Å². The molecular formula is C21H25N3O3. The highest BCUT2D eigenvalue weighted by molar-refractivity contribution is 5.67. The maximum absolute atomic E-state index is 9.58. The number of hydrogen-bond donors (Lipinski definition) is 1. The molecule has 1 aliphatic heterocycles. The van der Waals surface area contributed by atoms with Crippen LogP contribution in [0.15, 0.2) is 48.7 Å². The number of imidazole rings is 1. The summed E-state index contributed by atoms with van der Waals surface area (Å²) in [7, 11) is 1.67. The van der Waals surface area contributed by atoms with Crippen LogP contribution < -0.4 is 4.74 Å². The Morgan fingerprint density at radius 1 is 1.22 bits per heavy atom. The van der Waals surface area contributed by atoms with Gasteiger partial charge < -0.3 is 19.0 Å². The van der Waals surface area contributed by atoms with Crippen LogP contribution in [0.2, 0.25) is 0 Å². The van der Waals surface area contributed by atoms with E-state index < -0.39 is 0 Å². The number of aliphatic hydroxyl groups excluding tert-OH is 1. The van der Waals surface area contributed by atoms with Gasteiger partial charge in [-0.3, -0.25) is 4.90 Å². The Hall–Kier alpha value is -2.41. The van der Waals surface area contributed by atoms with Crippen molar-refractivity contribution >= 4 is 5.65 Å². The fraction of sp³-hybridized carbons (Fsp3) is 0.381. The summed E-state index contributed by atoms with van der Waals surface area (Å²) in [6.07, 6.45) is 2.06. The van der Waals surface area contributed by atoms with Crippen molar-refractivity contribution in [3.63, 3.8) is 0 Å². The molecule has 1 N–H and O–H groups in total. The summed E-state index contributed by atoms with van der Waals surface area (Å²) in [5.41, 5.74) is 4.13. The molecule has 4 rings (SSSR count). The Morgan fingerprint density at radius 2 is 2.07 bits per heavy atom. The summed E-state index contributed by atoms with van der Waals surface area (Å²) in [6.45, 7) is 3.87. The van der Waals surface area contributed by atoms with Crippen LogP contribution in [0.25, 0.3) is 16.9 Å². The molecule has 6 nitrogen and oxygen atoms in total. The van der Waals surface area contributed by atoms with E-state index in [1.807, 2.05) is 42.5 Å². The molecule has 3 aromatic rings. The van der Waals surface area contributed by atoms with Gasteiger partial charge in [-0.15, -0.1) is 0 Å². The van der Waals surface area contributed by atoms with E-state index in [-0.39, 0.29) is 12.5 Å². The van der Waals surface area contributed by atoms with E-state index in [0.717, 1.165) is 48.0 Å². The van der Waals surface area contributed by atoms with Crippen LogP contribution in [-0.4, -0.2) is 59.4 Å². The molecule has 27 heavy (non-hydrogen) atoms. The standard InChI is InChI=1S/C21H25N3O3/c1-26-18-7-5-17(6-8-18)21-19(24-9-3-2-4-20(24)22-21)13-23-10-11-27-15-16(12-23)14-25/h2-9,16,25H,10-15H2,1H3/t16-/m1/s1. The molecule has 0 aliphatic carbocycles. The molecule has 1 atom stereocenters. The lowest BCUT2D eigenvalue weighted by Crippen LogP contribution is -2.31. The van der Waals surface area contributed by atoms with E-state index in [1.54, 1.807) is 7.11 Å². The number of aromatic nitrogens is 2. The minimum atomic E-state index is 0.148. The second-order valence-electron chi connectivity index (χ2n) is 6.92. The summed E-state index contributed by atoms with van der Waals surface area (Å²) >= 11 is 0. The van der Waals surface area contributed by atoms with E-state index in [0.29, 0.717) is 13.2 Å². The normalized spacial score (nSPS) is 18.5. The van der Waals surface area contributed by atoms with Gasteiger partial charge in [0.05, 0.1) is 31.7 Å². The summed E-state index contributed by atoms with van der Waals surface area (Å²) in [4.78, 5) is 7.23. The van der Waals surface area contributed by atoms with Crippen LogP contribution in [0.5, 0.6) is 5.75 Å². The fourth-order valence-corrected chi connectivity index (χ4v) is 3.60. The Labute approximate surface area is 159 Å². The number of benzene rings is 1. The third kappa shape index (κ3) is 3.83. The summed E-state index contributed by atoms with van der Waals surface area (Å²) in [5, 5.41) is 9.58. The van der Waals surface area contributed by atoms with Crippen LogP contribution in [0.3, 0.4) is 0 Å². The van der Waals surface area contributed by atoms with Gasteiger partial charge in [-0.2, -0.15) is 0 Å². The number of aliphatic hydroxyl groups is 1. The number of nitrogens with zero attached hydrogens (tertiary/aromatic N) is 3. The molecule has 3 heterocycles. The highest BCUT2D eigenvalue weighted by Crippen LogP contribution is 2.27. The Bertz CT molecular complexity index is 891. The molecule has 0 radical (unpaired) electrons. The number of methoxy groups -OCH3 is 1. The third-order valence-corrected chi connectivity index (χ3v) is 5.05. The van der Waals surface area contributed by atoms with Crippen LogP contribution in [0.4, 0.5) is 0 Å². The molecule has 1 fully saturated rings. The molecule has 0 bridgehead atoms. The van der Waals surface area contributed by atoms with E-state index in [1.165, 1.54) is 0 Å². The van der Waals surface area contributed by atoms with E-state index in [4.69, 9.17) is 14.5 Å². The van der Waals surface area contributed by atoms with Crippen molar-refractivity contribution in [2.45, 2.75) is 6.54 Å². The lowest BCUT2D eigenvalue weighted by atomic mass is 10.1. The monoisotopic (exact) mass is 367 g/mol. The molecule has 1 aliphatic rings. The average Bonchev–Trinajstić information content (AvgIpc) is 2.91. The minimum absolute atomic E-state index is 0.148. The first-order valence-electron chi connectivity index (χ1n) is 9.30. The van der Waals surface area contributed by atoms with Crippen molar-refractivity contribution in [1.82, 2.24) is 14.3 Å². The Balaban J connectivity index is 1.71. The van der Waals surface area contributed by atoms with Crippen molar-refractivity contribution in [2.24, 2.45) is 5.92 Å². The first kappa shape index (κ1) is 18.0. The largest absolute Gasteiger partial charge is 0.497 e. The predicted octanol–water partition coefficient (Wildman–Crippen LogP) is 2.45. The zero-order valence-electron chi connectivity index (χ0n) is 15.5. The lowest BCUT2D eigenvalue weighted by molar-refractivity contribution is 0.0958. The maximum Gasteiger partial charge on any atom is 0.137 e. The van der Waals surface area contributed by atoms with E-state index in [2.05, 4.69) is 15.5 Å². The third-order valence-electron chi connectivity index (χ3n) is 5.05. The van der Waals surface area contributed by atoms with Gasteiger partial charge in [0.2, 0.25) is 0 Å². The SMILES string of the molecule is COc1ccc(-c2nc3ccccn3c2CN2CCOC[C@@H](CO)C2)cc1. The summed E-state index contributed by atoms with van der Waals surface area (Å²) < 4.78 is 13.1. The summed E-state index contributed by atoms with van der Waals surface area (Å²) in [6, 6.07) is 14.1. The molecule has 1 aromatic carbocycles. The topological polar surface area (TPSA) is 59.2 Å². The molecule has 0 spiro atoms. The lowest BCUT2D eigenvalue weighted by Gasteiger charge is -2.22. The molecule has 0 amide bonds. The number of hydrogen-bond acceptors (Lipinski definition) is 5. The zero-order chi connectivity index (χ0) is 18.6. The van der Waals surface area contributed by atoms with Crippen molar-refractivity contribution < 1.29 is 14.6 Å². The van der Waals surface area contributed by atoms with Gasteiger partial charge in [-0.05, 0) is 36.4 Å². The Morgan fingerprint density at radius 3 is 2.85 bits per heavy atom. The Kier molecular flexibility index (Phi) is 5.38. The second-order valence-corrected chi connectivity index (χ2v) is 6.92. The molecule has 0 saturated carbocycles. The van der Waals surface area contributed by atoms with Crippen LogP contribution in [0.1, 0.15) is 5.69 Å². The van der Waals surface area contributed by atoms with Crippen LogP contribution in [-0.2, 0) is 11.3 Å². The number of fused-ring (bicyclic) bond motifs is 1. The van der Waals surface area contributed by atoms with Crippen molar-refractivity contribution in [3.8, 4) is 17.0 Å². The van der Waals surface area contributed by atoms with Crippen molar-refractivity contribution in [3.05, 3.63) is 54.4 Å². The first-order chi connectivity index (χ1) is 13.3. The van der Waals surface area contributed by atoms with Gasteiger partial charge in [0.15, 0.2) is 0 Å². The minimum Gasteiger partial charge on any atom is -0.497 e. The van der Waals surface area contributed by atoms with Gasteiger partial charge >= 0.3 is 0 Å². The smallest absolute Gasteiger partial charge is 0.137 e. The molecule has 0 unspecified atom stereocenters. The highest BCUT2D eigenvalue weighted by atomic mass is 16.5. The molecule has 1 saturated heterocycles. The van der Waals surface area contributed by atoms with Gasteiger partial charge in [0.1, 0.15) is 11.4 Å². The number of ether oxygens (including phenoxy) is 2. The van der Waals surface area contributed by atoms with Crippen LogP contribution in [0, 0.1) is 5.92 Å². The highest BCUT2D eigenvalue weighted by Gasteiger charge is 2.22.